The standard InChI is InChI=1S/C25H14F4N2O/c1-2-9-32-19-13-30-25(31-14-19)17-7-6-16(21(26)11-17)5-3-15-4-8-20-18(10-15)12-22(27)24(29)23(20)28/h2,4,6-8,10-14H,1,9H2. The Kier molecular flexibility index (Phi) is 5.86. The Morgan fingerprint density at radius 3 is 2.38 bits per heavy atom. The van der Waals surface area contributed by atoms with Crippen molar-refractivity contribution >= 4 is 10.8 Å². The molecule has 1 heterocycles. The Labute approximate surface area is 181 Å². The fourth-order valence-corrected chi connectivity index (χ4v) is 2.97. The van der Waals surface area contributed by atoms with Crippen LogP contribution in [0.25, 0.3) is 22.2 Å². The van der Waals surface area contributed by atoms with Gasteiger partial charge in [0.1, 0.15) is 12.4 Å². The van der Waals surface area contributed by atoms with Gasteiger partial charge in [-0.15, -0.1) is 0 Å². The molecule has 0 unspecified atom stereocenters. The minimum absolute atomic E-state index is 0.0640. The molecule has 0 N–H and O–H groups in total. The summed E-state index contributed by atoms with van der Waals surface area (Å²) in [6, 6.07) is 9.42. The summed E-state index contributed by atoms with van der Waals surface area (Å²) in [4.78, 5) is 8.31. The Morgan fingerprint density at radius 1 is 0.875 bits per heavy atom. The van der Waals surface area contributed by atoms with Gasteiger partial charge in [0.2, 0.25) is 0 Å². The van der Waals surface area contributed by atoms with Crippen LogP contribution >= 0.6 is 0 Å². The molecule has 0 fully saturated rings. The predicted octanol–water partition coefficient (Wildman–Crippen LogP) is 5.82. The number of hydrogen-bond acceptors (Lipinski definition) is 3. The van der Waals surface area contributed by atoms with Crippen molar-refractivity contribution in [2.75, 3.05) is 6.61 Å². The number of benzene rings is 3. The SMILES string of the molecule is C=CCOc1cnc(-c2ccc(C#Cc3ccc4c(F)c(F)c(F)cc4c3)c(F)c2)nc1. The molecule has 0 aliphatic carbocycles. The summed E-state index contributed by atoms with van der Waals surface area (Å²) in [5.41, 5.74) is 0.975. The van der Waals surface area contributed by atoms with Crippen molar-refractivity contribution in [2.45, 2.75) is 0 Å². The molecule has 3 aromatic carbocycles. The molecule has 0 aliphatic rings. The van der Waals surface area contributed by atoms with Crippen LogP contribution in [0.2, 0.25) is 0 Å². The second-order valence-electron chi connectivity index (χ2n) is 6.71. The normalized spacial score (nSPS) is 10.5. The number of hydrogen-bond donors (Lipinski definition) is 0. The molecule has 0 spiro atoms. The summed E-state index contributed by atoms with van der Waals surface area (Å²) in [5, 5.41) is 0.0904. The molecule has 0 saturated carbocycles. The van der Waals surface area contributed by atoms with Crippen molar-refractivity contribution in [3.8, 4) is 29.0 Å². The molecule has 32 heavy (non-hydrogen) atoms. The lowest BCUT2D eigenvalue weighted by atomic mass is 10.1. The highest BCUT2D eigenvalue weighted by Gasteiger charge is 2.13. The van der Waals surface area contributed by atoms with Crippen molar-refractivity contribution < 1.29 is 22.3 Å². The first-order chi connectivity index (χ1) is 15.5. The van der Waals surface area contributed by atoms with E-state index in [0.717, 1.165) is 6.07 Å². The molecule has 0 atom stereocenters. The third kappa shape index (κ3) is 4.30. The monoisotopic (exact) mass is 434 g/mol. The molecule has 0 radical (unpaired) electrons. The first-order valence-electron chi connectivity index (χ1n) is 9.41. The van der Waals surface area contributed by atoms with Crippen molar-refractivity contribution in [2.24, 2.45) is 0 Å². The van der Waals surface area contributed by atoms with E-state index in [1.165, 1.54) is 42.7 Å². The highest BCUT2D eigenvalue weighted by atomic mass is 19.2. The van der Waals surface area contributed by atoms with Gasteiger partial charge in [-0.3, -0.25) is 0 Å². The molecule has 4 rings (SSSR count). The van der Waals surface area contributed by atoms with Crippen LogP contribution in [0.5, 0.6) is 5.75 Å². The largest absolute Gasteiger partial charge is 0.486 e. The molecule has 7 heteroatoms. The van der Waals surface area contributed by atoms with Gasteiger partial charge in [0.25, 0.3) is 0 Å². The molecule has 158 valence electrons. The second kappa shape index (κ2) is 8.90. The van der Waals surface area contributed by atoms with Gasteiger partial charge in [-0.05, 0) is 41.8 Å². The lowest BCUT2D eigenvalue weighted by Crippen LogP contribution is -1.96. The first-order valence-corrected chi connectivity index (χ1v) is 9.41. The zero-order valence-electron chi connectivity index (χ0n) is 16.5. The Bertz CT molecular complexity index is 1390. The number of fused-ring (bicyclic) bond motifs is 1. The maximum absolute atomic E-state index is 14.6. The van der Waals surface area contributed by atoms with Crippen LogP contribution in [0.4, 0.5) is 17.6 Å². The fraction of sp³-hybridized carbons (Fsp3) is 0.0400. The topological polar surface area (TPSA) is 35.0 Å². The van der Waals surface area contributed by atoms with E-state index in [0.29, 0.717) is 29.3 Å². The highest BCUT2D eigenvalue weighted by Crippen LogP contribution is 2.24. The molecule has 0 bridgehead atoms. The maximum Gasteiger partial charge on any atom is 0.195 e. The quantitative estimate of drug-likeness (QED) is 0.176. The van der Waals surface area contributed by atoms with E-state index in [1.54, 1.807) is 12.1 Å². The molecule has 0 saturated heterocycles. The van der Waals surface area contributed by atoms with Gasteiger partial charge in [-0.2, -0.15) is 0 Å². The molecular weight excluding hydrogens is 420 g/mol. The van der Waals surface area contributed by atoms with E-state index in [9.17, 15) is 17.6 Å². The maximum atomic E-state index is 14.6. The van der Waals surface area contributed by atoms with E-state index >= 15 is 0 Å². The summed E-state index contributed by atoms with van der Waals surface area (Å²) in [5.74, 6) is 1.57. The highest BCUT2D eigenvalue weighted by molar-refractivity contribution is 5.84. The average Bonchev–Trinajstić information content (AvgIpc) is 2.80. The minimum Gasteiger partial charge on any atom is -0.486 e. The number of halogens is 4. The number of nitrogens with zero attached hydrogens (tertiary/aromatic N) is 2. The molecule has 4 aromatic rings. The van der Waals surface area contributed by atoms with Crippen molar-refractivity contribution in [3.63, 3.8) is 0 Å². The number of aromatic nitrogens is 2. The van der Waals surface area contributed by atoms with Gasteiger partial charge >= 0.3 is 0 Å². The third-order valence-electron chi connectivity index (χ3n) is 4.54. The van der Waals surface area contributed by atoms with Crippen LogP contribution < -0.4 is 4.74 Å². The zero-order chi connectivity index (χ0) is 22.7. The van der Waals surface area contributed by atoms with Crippen LogP contribution in [0.1, 0.15) is 11.1 Å². The molecular formula is C25H14F4N2O. The molecule has 1 aromatic heterocycles. The Balaban J connectivity index is 1.59. The van der Waals surface area contributed by atoms with Crippen LogP contribution in [-0.2, 0) is 0 Å². The van der Waals surface area contributed by atoms with Crippen molar-refractivity contribution in [1.82, 2.24) is 9.97 Å². The Hall–Kier alpha value is -4.18. The van der Waals surface area contributed by atoms with Crippen LogP contribution in [0, 0.1) is 35.1 Å². The Morgan fingerprint density at radius 2 is 1.66 bits per heavy atom. The summed E-state index contributed by atoms with van der Waals surface area (Å²) >= 11 is 0. The molecule has 0 aliphatic heterocycles. The van der Waals surface area contributed by atoms with E-state index in [-0.39, 0.29) is 16.3 Å². The lowest BCUT2D eigenvalue weighted by Gasteiger charge is -2.04. The number of rotatable bonds is 4. The first kappa shape index (κ1) is 21.1. The smallest absolute Gasteiger partial charge is 0.195 e. The number of ether oxygens (including phenoxy) is 1. The van der Waals surface area contributed by atoms with Gasteiger partial charge in [0.05, 0.1) is 18.0 Å². The van der Waals surface area contributed by atoms with Crippen molar-refractivity contribution in [1.29, 1.82) is 0 Å². The van der Waals surface area contributed by atoms with Gasteiger partial charge < -0.3 is 4.74 Å². The van der Waals surface area contributed by atoms with Gasteiger partial charge in [0, 0.05) is 16.5 Å². The van der Waals surface area contributed by atoms with Crippen molar-refractivity contribution in [3.05, 3.63) is 102 Å². The summed E-state index contributed by atoms with van der Waals surface area (Å²) in [6.45, 7) is 3.88. The van der Waals surface area contributed by atoms with Crippen LogP contribution in [0.3, 0.4) is 0 Å². The summed E-state index contributed by atoms with van der Waals surface area (Å²) in [7, 11) is 0. The van der Waals surface area contributed by atoms with Gasteiger partial charge in [-0.1, -0.05) is 30.6 Å². The van der Waals surface area contributed by atoms with E-state index in [2.05, 4.69) is 28.4 Å². The predicted molar refractivity (Wildman–Crippen MR) is 113 cm³/mol. The fourth-order valence-electron chi connectivity index (χ4n) is 2.97. The zero-order valence-corrected chi connectivity index (χ0v) is 16.5. The molecule has 0 amide bonds. The second-order valence-corrected chi connectivity index (χ2v) is 6.71. The van der Waals surface area contributed by atoms with Crippen LogP contribution in [0.15, 0.2) is 67.5 Å². The summed E-state index contributed by atoms with van der Waals surface area (Å²) < 4.78 is 60.5. The molecule has 3 nitrogen and oxygen atoms in total. The minimum atomic E-state index is -1.53. The van der Waals surface area contributed by atoms with E-state index in [1.807, 2.05) is 0 Å². The van der Waals surface area contributed by atoms with Gasteiger partial charge in [-0.25, -0.2) is 27.5 Å². The lowest BCUT2D eigenvalue weighted by molar-refractivity contribution is 0.360. The van der Waals surface area contributed by atoms with Gasteiger partial charge in [0.15, 0.2) is 29.0 Å². The van der Waals surface area contributed by atoms with Crippen LogP contribution in [-0.4, -0.2) is 16.6 Å². The third-order valence-corrected chi connectivity index (χ3v) is 4.54. The van der Waals surface area contributed by atoms with E-state index in [4.69, 9.17) is 4.74 Å². The summed E-state index contributed by atoms with van der Waals surface area (Å²) in [6.07, 6.45) is 4.56. The average molecular weight is 434 g/mol. The van der Waals surface area contributed by atoms with E-state index < -0.39 is 23.3 Å².